The lowest BCUT2D eigenvalue weighted by Gasteiger charge is -2.39. The van der Waals surface area contributed by atoms with Gasteiger partial charge in [-0.15, -0.1) is 0 Å². The Balaban J connectivity index is 2.02. The molecule has 0 bridgehead atoms. The summed E-state index contributed by atoms with van der Waals surface area (Å²) in [6.07, 6.45) is 1.83. The van der Waals surface area contributed by atoms with Crippen LogP contribution in [0.4, 0.5) is 5.69 Å². The highest BCUT2D eigenvalue weighted by molar-refractivity contribution is 5.77. The van der Waals surface area contributed by atoms with Crippen LogP contribution in [-0.4, -0.2) is 19.9 Å². The minimum absolute atomic E-state index is 0.101. The molecule has 0 fully saturated rings. The Morgan fingerprint density at radius 3 is 2.64 bits per heavy atom. The van der Waals surface area contributed by atoms with E-state index in [0.29, 0.717) is 5.57 Å². The van der Waals surface area contributed by atoms with Crippen molar-refractivity contribution in [3.63, 3.8) is 0 Å². The molecule has 1 aliphatic heterocycles. The Labute approximate surface area is 130 Å². The van der Waals surface area contributed by atoms with E-state index < -0.39 is 0 Å². The third kappa shape index (κ3) is 2.50. The maximum atomic E-state index is 11.3. The molecule has 2 aromatic carbocycles. The van der Waals surface area contributed by atoms with Gasteiger partial charge in [-0.25, -0.2) is 0 Å². The second-order valence-corrected chi connectivity index (χ2v) is 5.44. The van der Waals surface area contributed by atoms with Crippen LogP contribution in [-0.2, 0) is 11.2 Å². The van der Waals surface area contributed by atoms with E-state index >= 15 is 0 Å². The number of nitrogens with zero attached hydrogens (tertiary/aromatic N) is 1. The highest BCUT2D eigenvalue weighted by Crippen LogP contribution is 2.37. The van der Waals surface area contributed by atoms with Gasteiger partial charge in [0.05, 0.1) is 13.2 Å². The zero-order valence-corrected chi connectivity index (χ0v) is 12.7. The molecule has 3 heteroatoms. The summed E-state index contributed by atoms with van der Waals surface area (Å²) in [5.74, 6) is 0.826. The third-order valence-corrected chi connectivity index (χ3v) is 4.19. The molecule has 112 valence electrons. The Kier molecular flexibility index (Phi) is 3.96. The summed E-state index contributed by atoms with van der Waals surface area (Å²) in [6.45, 7) is 4.83. The molecular formula is C19H19NO2. The summed E-state index contributed by atoms with van der Waals surface area (Å²) < 4.78 is 5.22. The zero-order chi connectivity index (χ0) is 15.5. The first kappa shape index (κ1) is 14.4. The van der Waals surface area contributed by atoms with E-state index in [-0.39, 0.29) is 6.04 Å². The average molecular weight is 293 g/mol. The van der Waals surface area contributed by atoms with Crippen LogP contribution < -0.4 is 9.64 Å². The van der Waals surface area contributed by atoms with E-state index in [2.05, 4.69) is 23.6 Å². The van der Waals surface area contributed by atoms with Gasteiger partial charge in [-0.3, -0.25) is 4.79 Å². The number of rotatable bonds is 4. The summed E-state index contributed by atoms with van der Waals surface area (Å²) in [7, 11) is 1.66. The maximum Gasteiger partial charge on any atom is 0.147 e. The molecule has 0 amide bonds. The van der Waals surface area contributed by atoms with Crippen LogP contribution in [0.1, 0.15) is 17.2 Å². The van der Waals surface area contributed by atoms with Crippen molar-refractivity contribution < 1.29 is 9.53 Å². The van der Waals surface area contributed by atoms with Gasteiger partial charge < -0.3 is 9.64 Å². The number of aldehydes is 1. The van der Waals surface area contributed by atoms with E-state index in [4.69, 9.17) is 4.74 Å². The normalized spacial score (nSPS) is 16.8. The molecule has 1 aliphatic rings. The van der Waals surface area contributed by atoms with Crippen molar-refractivity contribution in [3.8, 4) is 5.75 Å². The van der Waals surface area contributed by atoms with Gasteiger partial charge >= 0.3 is 0 Å². The summed E-state index contributed by atoms with van der Waals surface area (Å²) in [6, 6.07) is 16.1. The second-order valence-electron chi connectivity index (χ2n) is 5.44. The fourth-order valence-electron chi connectivity index (χ4n) is 3.08. The van der Waals surface area contributed by atoms with E-state index in [1.807, 2.05) is 36.4 Å². The standard InChI is InChI=1S/C19H19NO2/c1-14(13-21)19-18-6-4-3-5-15(18)11-12-20(19)16-7-9-17(22-2)10-8-16/h3-10,13,19H,1,11-12H2,2H3. The molecule has 1 unspecified atom stereocenters. The monoisotopic (exact) mass is 293 g/mol. The maximum absolute atomic E-state index is 11.3. The van der Waals surface area contributed by atoms with Gasteiger partial charge in [0.2, 0.25) is 0 Å². The van der Waals surface area contributed by atoms with Crippen molar-refractivity contribution >= 4 is 12.0 Å². The summed E-state index contributed by atoms with van der Waals surface area (Å²) >= 11 is 0. The predicted molar refractivity (Wildman–Crippen MR) is 88.4 cm³/mol. The molecule has 1 atom stereocenters. The van der Waals surface area contributed by atoms with Gasteiger partial charge in [-0.1, -0.05) is 30.8 Å². The van der Waals surface area contributed by atoms with Crippen molar-refractivity contribution in [2.45, 2.75) is 12.5 Å². The first-order valence-corrected chi connectivity index (χ1v) is 7.37. The zero-order valence-electron chi connectivity index (χ0n) is 12.7. The number of hydrogen-bond acceptors (Lipinski definition) is 3. The van der Waals surface area contributed by atoms with Crippen LogP contribution in [0.3, 0.4) is 0 Å². The lowest BCUT2D eigenvalue weighted by atomic mass is 9.88. The summed E-state index contributed by atoms with van der Waals surface area (Å²) in [5.41, 5.74) is 4.12. The molecule has 2 aromatic rings. The number of anilines is 1. The second kappa shape index (κ2) is 6.06. The van der Waals surface area contributed by atoms with Gasteiger partial charge in [0.1, 0.15) is 12.0 Å². The molecule has 0 aliphatic carbocycles. The van der Waals surface area contributed by atoms with Crippen LogP contribution >= 0.6 is 0 Å². The predicted octanol–water partition coefficient (Wildman–Crippen LogP) is 3.55. The largest absolute Gasteiger partial charge is 0.497 e. The topological polar surface area (TPSA) is 29.5 Å². The molecule has 0 radical (unpaired) electrons. The van der Waals surface area contributed by atoms with Crippen LogP contribution in [0, 0.1) is 0 Å². The van der Waals surface area contributed by atoms with Crippen molar-refractivity contribution in [1.82, 2.24) is 0 Å². The Morgan fingerprint density at radius 2 is 1.95 bits per heavy atom. The smallest absolute Gasteiger partial charge is 0.147 e. The lowest BCUT2D eigenvalue weighted by Crippen LogP contribution is -2.36. The highest BCUT2D eigenvalue weighted by Gasteiger charge is 2.29. The van der Waals surface area contributed by atoms with Gasteiger partial charge in [-0.2, -0.15) is 0 Å². The molecule has 3 nitrogen and oxygen atoms in total. The van der Waals surface area contributed by atoms with Gasteiger partial charge in [0, 0.05) is 17.8 Å². The number of hydrogen-bond donors (Lipinski definition) is 0. The van der Waals surface area contributed by atoms with Crippen LogP contribution in [0.2, 0.25) is 0 Å². The van der Waals surface area contributed by atoms with Crippen molar-refractivity contribution in [2.75, 3.05) is 18.6 Å². The fraction of sp³-hybridized carbons (Fsp3) is 0.211. The average Bonchev–Trinajstić information content (AvgIpc) is 2.60. The minimum Gasteiger partial charge on any atom is -0.497 e. The molecule has 0 spiro atoms. The number of fused-ring (bicyclic) bond motifs is 1. The minimum atomic E-state index is -0.101. The third-order valence-electron chi connectivity index (χ3n) is 4.19. The molecule has 3 rings (SSSR count). The number of ether oxygens (including phenoxy) is 1. The van der Waals surface area contributed by atoms with Gasteiger partial charge in [-0.05, 0) is 41.8 Å². The van der Waals surface area contributed by atoms with E-state index in [0.717, 1.165) is 30.7 Å². The van der Waals surface area contributed by atoms with E-state index in [1.165, 1.54) is 11.1 Å². The molecule has 0 aromatic heterocycles. The molecule has 22 heavy (non-hydrogen) atoms. The molecule has 0 saturated carbocycles. The van der Waals surface area contributed by atoms with E-state index in [1.54, 1.807) is 7.11 Å². The molecule has 1 heterocycles. The van der Waals surface area contributed by atoms with Crippen LogP contribution in [0.15, 0.2) is 60.7 Å². The number of benzene rings is 2. The van der Waals surface area contributed by atoms with Crippen molar-refractivity contribution in [3.05, 3.63) is 71.8 Å². The first-order chi connectivity index (χ1) is 10.7. The number of carbonyl (C=O) groups is 1. The molecule has 0 saturated heterocycles. The highest BCUT2D eigenvalue weighted by atomic mass is 16.5. The fourth-order valence-corrected chi connectivity index (χ4v) is 3.08. The van der Waals surface area contributed by atoms with Crippen molar-refractivity contribution in [2.24, 2.45) is 0 Å². The van der Waals surface area contributed by atoms with Crippen LogP contribution in [0.25, 0.3) is 0 Å². The first-order valence-electron chi connectivity index (χ1n) is 7.37. The Bertz CT molecular complexity index is 691. The number of methoxy groups -OCH3 is 1. The lowest BCUT2D eigenvalue weighted by molar-refractivity contribution is -0.105. The Morgan fingerprint density at radius 1 is 1.23 bits per heavy atom. The SMILES string of the molecule is C=C(C=O)C1c2ccccc2CCN1c1ccc(OC)cc1. The quantitative estimate of drug-likeness (QED) is 0.638. The van der Waals surface area contributed by atoms with Crippen LogP contribution in [0.5, 0.6) is 5.75 Å². The summed E-state index contributed by atoms with van der Waals surface area (Å²) in [5, 5.41) is 0. The Hall–Kier alpha value is -2.55. The number of carbonyl (C=O) groups excluding carboxylic acids is 1. The van der Waals surface area contributed by atoms with Gasteiger partial charge in [0.25, 0.3) is 0 Å². The van der Waals surface area contributed by atoms with Gasteiger partial charge in [0.15, 0.2) is 0 Å². The van der Waals surface area contributed by atoms with E-state index in [9.17, 15) is 4.79 Å². The summed E-state index contributed by atoms with van der Waals surface area (Å²) in [4.78, 5) is 13.6. The van der Waals surface area contributed by atoms with Crippen molar-refractivity contribution in [1.29, 1.82) is 0 Å². The molecule has 0 N–H and O–H groups in total. The molecular weight excluding hydrogens is 274 g/mol.